The largest absolute Gasteiger partial charge is 0.460 e. The molecular formula is C15H20N2O3. The van der Waals surface area contributed by atoms with E-state index in [1.165, 1.54) is 44.6 Å². The highest BCUT2D eigenvalue weighted by atomic mass is 16.5. The van der Waals surface area contributed by atoms with Crippen molar-refractivity contribution in [3.05, 3.63) is 11.8 Å². The summed E-state index contributed by atoms with van der Waals surface area (Å²) in [6, 6.07) is 1.42. The molecule has 1 aromatic heterocycles. The van der Waals surface area contributed by atoms with Gasteiger partial charge < -0.3 is 15.0 Å². The maximum Gasteiger partial charge on any atom is 0.360 e. The van der Waals surface area contributed by atoms with Crippen LogP contribution < -0.4 is 5.73 Å². The molecule has 4 saturated carbocycles. The third-order valence-electron chi connectivity index (χ3n) is 5.41. The van der Waals surface area contributed by atoms with Gasteiger partial charge in [-0.15, -0.1) is 0 Å². The van der Waals surface area contributed by atoms with Crippen molar-refractivity contribution in [2.24, 2.45) is 23.2 Å². The second kappa shape index (κ2) is 4.24. The van der Waals surface area contributed by atoms with Crippen LogP contribution in [0.4, 0.5) is 5.88 Å². The topological polar surface area (TPSA) is 78.4 Å². The first-order valence-electron chi connectivity index (χ1n) is 7.51. The first-order valence-corrected chi connectivity index (χ1v) is 7.51. The predicted molar refractivity (Wildman–Crippen MR) is 71.8 cm³/mol. The van der Waals surface area contributed by atoms with Crippen LogP contribution >= 0.6 is 0 Å². The molecule has 4 bridgehead atoms. The van der Waals surface area contributed by atoms with Crippen molar-refractivity contribution in [2.45, 2.75) is 38.5 Å². The number of hydrogen-bond donors (Lipinski definition) is 1. The van der Waals surface area contributed by atoms with E-state index < -0.39 is 5.97 Å². The molecule has 0 aliphatic heterocycles. The van der Waals surface area contributed by atoms with Gasteiger partial charge in [0.15, 0.2) is 5.69 Å². The standard InChI is InChI=1S/C15H20N2O3/c16-13-4-12(17-20-13)14(18)19-8-15-5-9-1-10(6-15)3-11(2-9)7-15/h4,9-11H,1-3,5-8,16H2. The van der Waals surface area contributed by atoms with Crippen molar-refractivity contribution >= 4 is 11.9 Å². The van der Waals surface area contributed by atoms with Crippen LogP contribution in [0.1, 0.15) is 49.0 Å². The molecule has 0 radical (unpaired) electrons. The van der Waals surface area contributed by atoms with Crippen LogP contribution in [0, 0.1) is 23.2 Å². The lowest BCUT2D eigenvalue weighted by atomic mass is 9.50. The van der Waals surface area contributed by atoms with Crippen molar-refractivity contribution in [3.63, 3.8) is 0 Å². The number of anilines is 1. The number of nitrogens with two attached hydrogens (primary N) is 1. The SMILES string of the molecule is Nc1cc(C(=O)OCC23CC4CC(CC(C4)C2)C3)no1. The second-order valence-electron chi connectivity index (χ2n) is 7.11. The van der Waals surface area contributed by atoms with Gasteiger partial charge in [0, 0.05) is 11.5 Å². The Hall–Kier alpha value is -1.52. The van der Waals surface area contributed by atoms with E-state index in [2.05, 4.69) is 5.16 Å². The van der Waals surface area contributed by atoms with Gasteiger partial charge in [0.2, 0.25) is 5.88 Å². The Bertz CT molecular complexity index is 502. The lowest BCUT2D eigenvalue weighted by molar-refractivity contribution is -0.0849. The van der Waals surface area contributed by atoms with Crippen molar-refractivity contribution in [3.8, 4) is 0 Å². The highest BCUT2D eigenvalue weighted by Gasteiger charge is 2.51. The van der Waals surface area contributed by atoms with E-state index in [4.69, 9.17) is 15.0 Å². The summed E-state index contributed by atoms with van der Waals surface area (Å²) in [5.74, 6) is 2.32. The molecule has 20 heavy (non-hydrogen) atoms. The van der Waals surface area contributed by atoms with Gasteiger partial charge in [-0.1, -0.05) is 5.16 Å². The van der Waals surface area contributed by atoms with Crippen molar-refractivity contribution in [2.75, 3.05) is 12.3 Å². The van der Waals surface area contributed by atoms with Gasteiger partial charge in [-0.3, -0.25) is 0 Å². The van der Waals surface area contributed by atoms with E-state index in [1.54, 1.807) is 0 Å². The van der Waals surface area contributed by atoms with Gasteiger partial charge in [0.05, 0.1) is 6.61 Å². The molecule has 1 aromatic rings. The zero-order valence-corrected chi connectivity index (χ0v) is 11.5. The minimum absolute atomic E-state index is 0.145. The lowest BCUT2D eigenvalue weighted by Crippen LogP contribution is -2.48. The predicted octanol–water partition coefficient (Wildman–Crippen LogP) is 2.63. The third kappa shape index (κ3) is 2.00. The zero-order valence-electron chi connectivity index (χ0n) is 11.5. The molecule has 5 heteroatoms. The van der Waals surface area contributed by atoms with E-state index in [0.29, 0.717) is 6.61 Å². The summed E-state index contributed by atoms with van der Waals surface area (Å²) < 4.78 is 10.2. The molecule has 5 nitrogen and oxygen atoms in total. The van der Waals surface area contributed by atoms with E-state index >= 15 is 0 Å². The normalized spacial score (nSPS) is 38.1. The minimum Gasteiger partial charge on any atom is -0.460 e. The minimum atomic E-state index is -0.416. The second-order valence-corrected chi connectivity index (χ2v) is 7.11. The van der Waals surface area contributed by atoms with Gasteiger partial charge in [-0.25, -0.2) is 4.79 Å². The highest BCUT2D eigenvalue weighted by molar-refractivity contribution is 5.87. The summed E-state index contributed by atoms with van der Waals surface area (Å²) >= 11 is 0. The summed E-state index contributed by atoms with van der Waals surface area (Å²) in [6.07, 6.45) is 7.88. The molecule has 0 atom stereocenters. The summed E-state index contributed by atoms with van der Waals surface area (Å²) in [4.78, 5) is 12.0. The molecule has 0 saturated heterocycles. The Labute approximate surface area is 117 Å². The zero-order chi connectivity index (χ0) is 13.7. The molecule has 108 valence electrons. The van der Waals surface area contributed by atoms with Crippen molar-refractivity contribution in [1.29, 1.82) is 0 Å². The number of carbonyl (C=O) groups excluding carboxylic acids is 1. The lowest BCUT2D eigenvalue weighted by Gasteiger charge is -2.56. The van der Waals surface area contributed by atoms with Gasteiger partial charge in [0.1, 0.15) is 0 Å². The number of ether oxygens (including phenoxy) is 1. The first-order chi connectivity index (χ1) is 9.62. The van der Waals surface area contributed by atoms with E-state index in [9.17, 15) is 4.79 Å². The van der Waals surface area contributed by atoms with Crippen molar-refractivity contribution < 1.29 is 14.1 Å². The molecule has 4 aliphatic carbocycles. The number of esters is 1. The fourth-order valence-electron chi connectivity index (χ4n) is 5.14. The molecule has 0 spiro atoms. The third-order valence-corrected chi connectivity index (χ3v) is 5.41. The van der Waals surface area contributed by atoms with E-state index in [0.717, 1.165) is 17.8 Å². The maximum atomic E-state index is 12.0. The number of rotatable bonds is 3. The summed E-state index contributed by atoms with van der Waals surface area (Å²) in [7, 11) is 0. The van der Waals surface area contributed by atoms with Crippen LogP contribution in [0.3, 0.4) is 0 Å². The molecule has 0 amide bonds. The van der Waals surface area contributed by atoms with Crippen LogP contribution in [0.25, 0.3) is 0 Å². The number of aromatic nitrogens is 1. The molecule has 1 heterocycles. The van der Waals surface area contributed by atoms with Crippen LogP contribution in [-0.2, 0) is 4.74 Å². The van der Waals surface area contributed by atoms with Crippen LogP contribution in [0.5, 0.6) is 0 Å². The Morgan fingerprint density at radius 3 is 2.40 bits per heavy atom. The molecular weight excluding hydrogens is 256 g/mol. The molecule has 4 fully saturated rings. The van der Waals surface area contributed by atoms with Gasteiger partial charge in [0.25, 0.3) is 0 Å². The fourth-order valence-corrected chi connectivity index (χ4v) is 5.14. The van der Waals surface area contributed by atoms with Crippen LogP contribution in [0.15, 0.2) is 10.6 Å². The van der Waals surface area contributed by atoms with Gasteiger partial charge in [-0.2, -0.15) is 0 Å². The number of nitrogen functional groups attached to an aromatic ring is 1. The molecule has 2 N–H and O–H groups in total. The molecule has 0 aromatic carbocycles. The Morgan fingerprint density at radius 2 is 1.90 bits per heavy atom. The number of carbonyl (C=O) groups is 1. The highest BCUT2D eigenvalue weighted by Crippen LogP contribution is 2.60. The van der Waals surface area contributed by atoms with Crippen LogP contribution in [0.2, 0.25) is 0 Å². The first kappa shape index (κ1) is 12.2. The summed E-state index contributed by atoms with van der Waals surface area (Å²) in [6.45, 7) is 0.530. The van der Waals surface area contributed by atoms with Gasteiger partial charge >= 0.3 is 5.97 Å². The Morgan fingerprint density at radius 1 is 1.30 bits per heavy atom. The van der Waals surface area contributed by atoms with Crippen LogP contribution in [-0.4, -0.2) is 17.7 Å². The maximum absolute atomic E-state index is 12.0. The molecule has 0 unspecified atom stereocenters. The summed E-state index contributed by atoms with van der Waals surface area (Å²) in [5.41, 5.74) is 5.83. The molecule has 4 aliphatic rings. The monoisotopic (exact) mass is 276 g/mol. The molecule has 5 rings (SSSR count). The average molecular weight is 276 g/mol. The Kier molecular flexibility index (Phi) is 2.59. The number of hydrogen-bond acceptors (Lipinski definition) is 5. The summed E-state index contributed by atoms with van der Waals surface area (Å²) in [5, 5.41) is 3.61. The van der Waals surface area contributed by atoms with E-state index in [1.807, 2.05) is 0 Å². The number of nitrogens with zero attached hydrogens (tertiary/aromatic N) is 1. The van der Waals surface area contributed by atoms with Gasteiger partial charge in [-0.05, 0) is 56.3 Å². The quantitative estimate of drug-likeness (QED) is 0.858. The average Bonchev–Trinajstić information content (AvgIpc) is 2.81. The Balaban J connectivity index is 1.43. The fraction of sp³-hybridized carbons (Fsp3) is 0.733. The van der Waals surface area contributed by atoms with E-state index in [-0.39, 0.29) is 17.0 Å². The smallest absolute Gasteiger partial charge is 0.360 e. The van der Waals surface area contributed by atoms with Crippen molar-refractivity contribution in [1.82, 2.24) is 5.16 Å².